The number of hydrogen-bond donors (Lipinski definition) is 1. The molecule has 4 aromatic rings. The maximum Gasteiger partial charge on any atom is 0.203 e. The van der Waals surface area contributed by atoms with Crippen molar-refractivity contribution in [3.63, 3.8) is 0 Å². The molecule has 0 saturated carbocycles. The van der Waals surface area contributed by atoms with Gasteiger partial charge in [-0.05, 0) is 61.8 Å². The van der Waals surface area contributed by atoms with Gasteiger partial charge >= 0.3 is 0 Å². The Kier molecular flexibility index (Phi) is 5.93. The van der Waals surface area contributed by atoms with Gasteiger partial charge in [0, 0.05) is 27.8 Å². The summed E-state index contributed by atoms with van der Waals surface area (Å²) < 4.78 is 6.85. The van der Waals surface area contributed by atoms with E-state index in [2.05, 4.69) is 4.90 Å². The van der Waals surface area contributed by atoms with Gasteiger partial charge in [0.15, 0.2) is 0 Å². The van der Waals surface area contributed by atoms with Crippen molar-refractivity contribution < 1.29 is 14.6 Å². The molecule has 0 unspecified atom stereocenters. The van der Waals surface area contributed by atoms with Gasteiger partial charge in [0.25, 0.3) is 0 Å². The predicted molar refractivity (Wildman–Crippen MR) is 130 cm³/mol. The standard InChI is InChI=1S/C27H25NO3S/c29-21-10-13-23-24(18-21)32-27(26(30)20-6-2-1-3-7-20)25(23)19-8-11-22(12-9-19)31-17-16-28-14-4-5-15-28/h1-3,6-13,18,29H,4-5,14-17H2. The van der Waals surface area contributed by atoms with Crippen LogP contribution >= 0.6 is 11.3 Å². The summed E-state index contributed by atoms with van der Waals surface area (Å²) in [5, 5.41) is 10.9. The van der Waals surface area contributed by atoms with Crippen LogP contribution in [0.15, 0.2) is 72.8 Å². The molecular weight excluding hydrogens is 418 g/mol. The van der Waals surface area contributed by atoms with Crippen LogP contribution in [0.3, 0.4) is 0 Å². The Labute approximate surface area is 191 Å². The van der Waals surface area contributed by atoms with Crippen molar-refractivity contribution in [2.24, 2.45) is 0 Å². The van der Waals surface area contributed by atoms with E-state index in [0.29, 0.717) is 17.0 Å². The van der Waals surface area contributed by atoms with Gasteiger partial charge in [-0.2, -0.15) is 0 Å². The Morgan fingerprint density at radius 1 is 0.969 bits per heavy atom. The number of benzene rings is 3. The van der Waals surface area contributed by atoms with Gasteiger partial charge < -0.3 is 9.84 Å². The van der Waals surface area contributed by atoms with E-state index in [1.807, 2.05) is 60.7 Å². The number of ether oxygens (including phenoxy) is 1. The first-order valence-corrected chi connectivity index (χ1v) is 11.8. The molecule has 5 rings (SSSR count). The van der Waals surface area contributed by atoms with Crippen LogP contribution in [0.2, 0.25) is 0 Å². The number of likely N-dealkylation sites (tertiary alicyclic amines) is 1. The maximum atomic E-state index is 13.3. The Bertz CT molecular complexity index is 1230. The topological polar surface area (TPSA) is 49.8 Å². The van der Waals surface area contributed by atoms with Gasteiger partial charge in [0.2, 0.25) is 5.78 Å². The first-order valence-electron chi connectivity index (χ1n) is 11.0. The highest BCUT2D eigenvalue weighted by atomic mass is 32.1. The molecule has 2 heterocycles. The Balaban J connectivity index is 1.45. The van der Waals surface area contributed by atoms with Crippen LogP contribution in [0.1, 0.15) is 28.1 Å². The molecule has 0 aliphatic carbocycles. The van der Waals surface area contributed by atoms with Gasteiger partial charge in [-0.1, -0.05) is 42.5 Å². The van der Waals surface area contributed by atoms with E-state index in [1.54, 1.807) is 12.1 Å². The number of phenols is 1. The summed E-state index contributed by atoms with van der Waals surface area (Å²) in [6, 6.07) is 22.6. The lowest BCUT2D eigenvalue weighted by Gasteiger charge is -2.15. The average molecular weight is 444 g/mol. The average Bonchev–Trinajstić information content (AvgIpc) is 3.47. The fourth-order valence-electron chi connectivity index (χ4n) is 4.27. The number of ketones is 1. The molecule has 5 heteroatoms. The zero-order valence-electron chi connectivity index (χ0n) is 17.8. The number of fused-ring (bicyclic) bond motifs is 1. The third-order valence-electron chi connectivity index (χ3n) is 5.93. The van der Waals surface area contributed by atoms with E-state index in [0.717, 1.165) is 33.5 Å². The molecule has 162 valence electrons. The first kappa shape index (κ1) is 20.7. The monoisotopic (exact) mass is 443 g/mol. The molecule has 32 heavy (non-hydrogen) atoms. The van der Waals surface area contributed by atoms with Crippen LogP contribution in [-0.2, 0) is 0 Å². The molecule has 3 aromatic carbocycles. The number of rotatable bonds is 7. The van der Waals surface area contributed by atoms with E-state index in [9.17, 15) is 9.90 Å². The highest BCUT2D eigenvalue weighted by molar-refractivity contribution is 7.21. The Morgan fingerprint density at radius 3 is 2.47 bits per heavy atom. The minimum atomic E-state index is -0.00719. The fourth-order valence-corrected chi connectivity index (χ4v) is 5.49. The van der Waals surface area contributed by atoms with E-state index >= 15 is 0 Å². The number of hydrogen-bond acceptors (Lipinski definition) is 5. The van der Waals surface area contributed by atoms with Crippen molar-refractivity contribution >= 4 is 27.2 Å². The smallest absolute Gasteiger partial charge is 0.203 e. The summed E-state index contributed by atoms with van der Waals surface area (Å²) >= 11 is 1.42. The van der Waals surface area contributed by atoms with Crippen molar-refractivity contribution in [3.8, 4) is 22.6 Å². The molecule has 0 bridgehead atoms. The lowest BCUT2D eigenvalue weighted by Crippen LogP contribution is -2.25. The second kappa shape index (κ2) is 9.15. The third kappa shape index (κ3) is 4.27. The molecule has 1 saturated heterocycles. The summed E-state index contributed by atoms with van der Waals surface area (Å²) in [6.45, 7) is 3.97. The summed E-state index contributed by atoms with van der Waals surface area (Å²) in [5.74, 6) is 1.03. The minimum Gasteiger partial charge on any atom is -0.508 e. The number of phenolic OH excluding ortho intramolecular Hbond substituents is 1. The van der Waals surface area contributed by atoms with Gasteiger partial charge in [-0.15, -0.1) is 11.3 Å². The molecule has 1 aliphatic heterocycles. The van der Waals surface area contributed by atoms with Crippen LogP contribution in [0, 0.1) is 0 Å². The molecule has 0 atom stereocenters. The van der Waals surface area contributed by atoms with E-state index in [1.165, 1.54) is 37.3 Å². The molecule has 1 aliphatic rings. The largest absolute Gasteiger partial charge is 0.508 e. The zero-order chi connectivity index (χ0) is 21.9. The van der Waals surface area contributed by atoms with Crippen LogP contribution in [-0.4, -0.2) is 42.0 Å². The van der Waals surface area contributed by atoms with E-state index in [4.69, 9.17) is 4.74 Å². The van der Waals surface area contributed by atoms with Crippen molar-refractivity contribution in [1.29, 1.82) is 0 Å². The second-order valence-electron chi connectivity index (χ2n) is 8.10. The van der Waals surface area contributed by atoms with Crippen LogP contribution < -0.4 is 4.74 Å². The lowest BCUT2D eigenvalue weighted by atomic mass is 9.98. The van der Waals surface area contributed by atoms with Crippen molar-refractivity contribution in [3.05, 3.63) is 83.2 Å². The molecule has 0 radical (unpaired) electrons. The number of nitrogens with zero attached hydrogens (tertiary/aromatic N) is 1. The van der Waals surface area contributed by atoms with Crippen molar-refractivity contribution in [2.45, 2.75) is 12.8 Å². The van der Waals surface area contributed by atoms with E-state index < -0.39 is 0 Å². The Hall–Kier alpha value is -3.15. The fraction of sp³-hybridized carbons (Fsp3) is 0.222. The van der Waals surface area contributed by atoms with Crippen molar-refractivity contribution in [1.82, 2.24) is 4.90 Å². The van der Waals surface area contributed by atoms with Gasteiger partial charge in [-0.3, -0.25) is 9.69 Å². The maximum absolute atomic E-state index is 13.3. The van der Waals surface area contributed by atoms with Gasteiger partial charge in [0.1, 0.15) is 18.1 Å². The second-order valence-corrected chi connectivity index (χ2v) is 9.16. The Morgan fingerprint density at radius 2 is 1.72 bits per heavy atom. The molecule has 1 fully saturated rings. The summed E-state index contributed by atoms with van der Waals surface area (Å²) in [4.78, 5) is 16.5. The molecule has 1 aromatic heterocycles. The highest BCUT2D eigenvalue weighted by Gasteiger charge is 2.21. The quantitative estimate of drug-likeness (QED) is 0.357. The molecule has 0 spiro atoms. The summed E-state index contributed by atoms with van der Waals surface area (Å²) in [5.41, 5.74) is 2.53. The van der Waals surface area contributed by atoms with Crippen LogP contribution in [0.4, 0.5) is 0 Å². The van der Waals surface area contributed by atoms with E-state index in [-0.39, 0.29) is 11.5 Å². The molecule has 0 amide bonds. The summed E-state index contributed by atoms with van der Waals surface area (Å²) in [6.07, 6.45) is 2.57. The predicted octanol–water partition coefficient (Wildman–Crippen LogP) is 5.98. The van der Waals surface area contributed by atoms with Crippen molar-refractivity contribution in [2.75, 3.05) is 26.2 Å². The SMILES string of the molecule is O=C(c1ccccc1)c1sc2cc(O)ccc2c1-c1ccc(OCCN2CCCC2)cc1. The first-order chi connectivity index (χ1) is 15.7. The highest BCUT2D eigenvalue weighted by Crippen LogP contribution is 2.41. The van der Waals surface area contributed by atoms with Gasteiger partial charge in [0.05, 0.1) is 4.88 Å². The zero-order valence-corrected chi connectivity index (χ0v) is 18.6. The van der Waals surface area contributed by atoms with Gasteiger partial charge in [-0.25, -0.2) is 0 Å². The number of carbonyl (C=O) groups excluding carboxylic acids is 1. The van der Waals surface area contributed by atoms with Crippen LogP contribution in [0.5, 0.6) is 11.5 Å². The number of carbonyl (C=O) groups is 1. The lowest BCUT2D eigenvalue weighted by molar-refractivity contribution is 0.104. The number of aromatic hydroxyl groups is 1. The molecular formula is C27H25NO3S. The third-order valence-corrected chi connectivity index (χ3v) is 7.09. The molecule has 4 nitrogen and oxygen atoms in total. The minimum absolute atomic E-state index is 0.00719. The molecule has 1 N–H and O–H groups in total. The number of thiophene rings is 1. The van der Waals surface area contributed by atoms with Crippen LogP contribution in [0.25, 0.3) is 21.2 Å². The normalized spacial score (nSPS) is 14.1. The summed E-state index contributed by atoms with van der Waals surface area (Å²) in [7, 11) is 0.